The van der Waals surface area contributed by atoms with Crippen LogP contribution in [-0.2, 0) is 28.9 Å². The normalized spacial score (nSPS) is 15.3. The van der Waals surface area contributed by atoms with E-state index in [9.17, 15) is 0 Å². The molecule has 170 valence electrons. The summed E-state index contributed by atoms with van der Waals surface area (Å²) in [6.45, 7) is 6.28. The van der Waals surface area contributed by atoms with Crippen LogP contribution >= 0.6 is 0 Å². The number of anilines is 2. The van der Waals surface area contributed by atoms with Gasteiger partial charge in [-0.3, -0.25) is 0 Å². The molecular weight excluding hydrogens is 414 g/mol. The van der Waals surface area contributed by atoms with Crippen molar-refractivity contribution in [3.8, 4) is 0 Å². The molecule has 1 N–H and O–H groups in total. The van der Waals surface area contributed by atoms with Gasteiger partial charge in [0.1, 0.15) is 17.3 Å². The lowest BCUT2D eigenvalue weighted by Gasteiger charge is -2.28. The van der Waals surface area contributed by atoms with Crippen molar-refractivity contribution in [3.05, 3.63) is 77.2 Å². The van der Waals surface area contributed by atoms with Crippen LogP contribution in [0.1, 0.15) is 22.6 Å². The molecule has 2 aliphatic rings. The number of morpholine rings is 1. The van der Waals surface area contributed by atoms with E-state index in [0.717, 1.165) is 47.6 Å². The van der Waals surface area contributed by atoms with Crippen molar-refractivity contribution in [2.24, 2.45) is 4.99 Å². The Balaban J connectivity index is 1.31. The molecule has 2 aromatic carbocycles. The minimum absolute atomic E-state index is 0.575. The van der Waals surface area contributed by atoms with E-state index in [2.05, 4.69) is 47.5 Å². The van der Waals surface area contributed by atoms with Gasteiger partial charge in [0.25, 0.3) is 0 Å². The van der Waals surface area contributed by atoms with Crippen molar-refractivity contribution in [2.45, 2.75) is 26.4 Å². The number of aliphatic imine (C=N–C) groups is 1. The molecular formula is C26H29N5O2. The molecule has 0 atom stereocenters. The van der Waals surface area contributed by atoms with Gasteiger partial charge < -0.3 is 19.7 Å². The van der Waals surface area contributed by atoms with Gasteiger partial charge in [0.15, 0.2) is 5.82 Å². The summed E-state index contributed by atoms with van der Waals surface area (Å²) in [6.07, 6.45) is 1.33. The molecule has 0 bridgehead atoms. The topological polar surface area (TPSA) is 71.9 Å². The number of nitrogens with zero attached hydrogens (tertiary/aromatic N) is 4. The van der Waals surface area contributed by atoms with Crippen LogP contribution in [0.2, 0.25) is 0 Å². The van der Waals surface area contributed by atoms with E-state index in [4.69, 9.17) is 24.4 Å². The van der Waals surface area contributed by atoms with E-state index in [-0.39, 0.29) is 0 Å². The van der Waals surface area contributed by atoms with Crippen molar-refractivity contribution in [1.29, 1.82) is 0 Å². The molecule has 7 heteroatoms. The fraction of sp³-hybridized carbons (Fsp3) is 0.346. The van der Waals surface area contributed by atoms with E-state index in [0.29, 0.717) is 39.3 Å². The van der Waals surface area contributed by atoms with Gasteiger partial charge >= 0.3 is 0 Å². The Morgan fingerprint density at radius 2 is 1.88 bits per heavy atom. The summed E-state index contributed by atoms with van der Waals surface area (Å²) in [5.74, 6) is 2.61. The molecule has 33 heavy (non-hydrogen) atoms. The Morgan fingerprint density at radius 3 is 2.70 bits per heavy atom. The zero-order valence-electron chi connectivity index (χ0n) is 19.0. The molecule has 0 spiro atoms. The summed E-state index contributed by atoms with van der Waals surface area (Å²) >= 11 is 0. The highest BCUT2D eigenvalue weighted by molar-refractivity contribution is 6.03. The van der Waals surface area contributed by atoms with Gasteiger partial charge in [-0.2, -0.15) is 0 Å². The smallest absolute Gasteiger partial charge is 0.158 e. The van der Waals surface area contributed by atoms with Gasteiger partial charge in [-0.25, -0.2) is 15.0 Å². The highest BCUT2D eigenvalue weighted by atomic mass is 16.5. The first-order chi connectivity index (χ1) is 16.2. The molecule has 7 nitrogen and oxygen atoms in total. The van der Waals surface area contributed by atoms with Gasteiger partial charge in [-0.15, -0.1) is 0 Å². The lowest BCUT2D eigenvalue weighted by atomic mass is 10.2. The van der Waals surface area contributed by atoms with Crippen LogP contribution in [-0.4, -0.2) is 48.7 Å². The molecule has 0 radical (unpaired) electrons. The van der Waals surface area contributed by atoms with Gasteiger partial charge in [-0.1, -0.05) is 42.5 Å². The summed E-state index contributed by atoms with van der Waals surface area (Å²) in [5.41, 5.74) is 5.27. The Labute approximate surface area is 194 Å². The number of fused-ring (bicyclic) bond motifs is 1. The third kappa shape index (κ3) is 5.38. The van der Waals surface area contributed by atoms with E-state index in [1.807, 2.05) is 24.3 Å². The Hall–Kier alpha value is -3.29. The van der Waals surface area contributed by atoms with Gasteiger partial charge in [0, 0.05) is 25.2 Å². The van der Waals surface area contributed by atoms with Crippen LogP contribution in [0.15, 0.2) is 59.6 Å². The number of hydrogen-bond acceptors (Lipinski definition) is 7. The van der Waals surface area contributed by atoms with Gasteiger partial charge in [0.2, 0.25) is 0 Å². The SMILES string of the molecule is Cc1cccc(NC2=Nc3c(nc(CCOCc4ccccc4)nc3N3CCOCC3)C2)c1. The molecule has 1 fully saturated rings. The van der Waals surface area contributed by atoms with Crippen molar-refractivity contribution in [1.82, 2.24) is 9.97 Å². The lowest BCUT2D eigenvalue weighted by molar-refractivity contribution is 0.121. The Kier molecular flexibility index (Phi) is 6.60. The fourth-order valence-corrected chi connectivity index (χ4v) is 4.11. The predicted octanol–water partition coefficient (Wildman–Crippen LogP) is 4.08. The zero-order valence-corrected chi connectivity index (χ0v) is 19.0. The first-order valence-corrected chi connectivity index (χ1v) is 11.5. The Morgan fingerprint density at radius 1 is 1.03 bits per heavy atom. The second kappa shape index (κ2) is 10.1. The number of aryl methyl sites for hydroxylation is 1. The number of rotatable bonds is 7. The number of nitrogens with one attached hydrogen (secondary N) is 1. The molecule has 0 saturated carbocycles. The summed E-state index contributed by atoms with van der Waals surface area (Å²) in [7, 11) is 0. The number of ether oxygens (including phenoxy) is 2. The van der Waals surface area contributed by atoms with Crippen molar-refractivity contribution in [2.75, 3.05) is 43.1 Å². The summed E-state index contributed by atoms with van der Waals surface area (Å²) in [5, 5.41) is 3.46. The van der Waals surface area contributed by atoms with Crippen LogP contribution < -0.4 is 10.2 Å². The van der Waals surface area contributed by atoms with Crippen LogP contribution in [0.25, 0.3) is 0 Å². The van der Waals surface area contributed by atoms with Crippen molar-refractivity contribution >= 4 is 23.0 Å². The average Bonchev–Trinajstić information content (AvgIpc) is 3.25. The number of aromatic nitrogens is 2. The largest absolute Gasteiger partial charge is 0.378 e. The molecule has 0 unspecified atom stereocenters. The van der Waals surface area contributed by atoms with Gasteiger partial charge in [0.05, 0.1) is 38.5 Å². The third-order valence-corrected chi connectivity index (χ3v) is 5.76. The number of hydrogen-bond donors (Lipinski definition) is 1. The molecule has 3 aromatic rings. The van der Waals surface area contributed by atoms with Gasteiger partial charge in [-0.05, 0) is 30.2 Å². The molecule has 0 aliphatic carbocycles. The summed E-state index contributed by atoms with van der Waals surface area (Å²) in [4.78, 5) is 16.9. The van der Waals surface area contributed by atoms with Crippen LogP contribution in [0, 0.1) is 6.92 Å². The second-order valence-electron chi connectivity index (χ2n) is 8.38. The summed E-state index contributed by atoms with van der Waals surface area (Å²) < 4.78 is 11.4. The molecule has 0 amide bonds. The molecule has 5 rings (SSSR count). The third-order valence-electron chi connectivity index (χ3n) is 5.76. The monoisotopic (exact) mass is 443 g/mol. The maximum Gasteiger partial charge on any atom is 0.158 e. The fourth-order valence-electron chi connectivity index (χ4n) is 4.11. The van der Waals surface area contributed by atoms with Crippen molar-refractivity contribution in [3.63, 3.8) is 0 Å². The van der Waals surface area contributed by atoms with Crippen LogP contribution in [0.4, 0.5) is 17.2 Å². The standard InChI is InChI=1S/C26H29N5O2/c1-19-6-5-9-21(16-19)27-24-17-22-25(29-24)26(31-11-14-32-15-12-31)30-23(28-22)10-13-33-18-20-7-3-2-4-8-20/h2-9,16H,10-15,17-18H2,1H3,(H,27,29). The zero-order chi connectivity index (χ0) is 22.5. The molecule has 3 heterocycles. The second-order valence-corrected chi connectivity index (χ2v) is 8.38. The maximum absolute atomic E-state index is 5.89. The first kappa shape index (κ1) is 21.6. The van der Waals surface area contributed by atoms with E-state index in [1.165, 1.54) is 11.1 Å². The van der Waals surface area contributed by atoms with Crippen LogP contribution in [0.5, 0.6) is 0 Å². The average molecular weight is 444 g/mol. The number of amidine groups is 1. The van der Waals surface area contributed by atoms with Crippen LogP contribution in [0.3, 0.4) is 0 Å². The molecule has 1 saturated heterocycles. The quantitative estimate of drug-likeness (QED) is 0.555. The lowest BCUT2D eigenvalue weighted by Crippen LogP contribution is -2.37. The highest BCUT2D eigenvalue weighted by Crippen LogP contribution is 2.35. The maximum atomic E-state index is 5.89. The van der Waals surface area contributed by atoms with E-state index in [1.54, 1.807) is 0 Å². The molecule has 2 aliphatic heterocycles. The minimum Gasteiger partial charge on any atom is -0.378 e. The predicted molar refractivity (Wildman–Crippen MR) is 130 cm³/mol. The van der Waals surface area contributed by atoms with E-state index >= 15 is 0 Å². The van der Waals surface area contributed by atoms with Crippen molar-refractivity contribution < 1.29 is 9.47 Å². The minimum atomic E-state index is 0.575. The molecule has 1 aromatic heterocycles. The summed E-state index contributed by atoms with van der Waals surface area (Å²) in [6, 6.07) is 18.5. The Bertz CT molecular complexity index is 1130. The highest BCUT2D eigenvalue weighted by Gasteiger charge is 2.26. The van der Waals surface area contributed by atoms with E-state index < -0.39 is 0 Å². The first-order valence-electron chi connectivity index (χ1n) is 11.5. The number of benzene rings is 2.